The minimum atomic E-state index is -0.339. The van der Waals surface area contributed by atoms with Crippen molar-refractivity contribution in [3.8, 4) is 9.75 Å². The molecule has 4 nitrogen and oxygen atoms in total. The highest BCUT2D eigenvalue weighted by Gasteiger charge is 2.19. The lowest BCUT2D eigenvalue weighted by molar-refractivity contribution is -0.380. The van der Waals surface area contributed by atoms with Crippen LogP contribution >= 0.6 is 22.7 Å². The second-order valence-corrected chi connectivity index (χ2v) is 5.41. The molecule has 0 aliphatic heterocycles. The summed E-state index contributed by atoms with van der Waals surface area (Å²) in [6, 6.07) is 5.55. The lowest BCUT2D eigenvalue weighted by Crippen LogP contribution is -2.08. The van der Waals surface area contributed by atoms with Gasteiger partial charge in [0.15, 0.2) is 0 Å². The monoisotopic (exact) mass is 254 g/mol. The largest absolute Gasteiger partial charge is 0.376 e. The first-order valence-electron chi connectivity index (χ1n) is 4.59. The van der Waals surface area contributed by atoms with E-state index in [1.807, 2.05) is 36.5 Å². The Hall–Kier alpha value is -1.40. The second-order valence-electron chi connectivity index (χ2n) is 3.43. The summed E-state index contributed by atoms with van der Waals surface area (Å²) in [6.07, 6.45) is 0. The normalized spacial score (nSPS) is 10.4. The van der Waals surface area contributed by atoms with Crippen LogP contribution in [0.15, 0.2) is 23.6 Å². The molecular formula is C10H10N2O2S2. The quantitative estimate of drug-likeness (QED) is 0.622. The van der Waals surface area contributed by atoms with E-state index in [1.165, 1.54) is 11.3 Å². The van der Waals surface area contributed by atoms with Crippen LogP contribution < -0.4 is 4.90 Å². The molecule has 2 heterocycles. The Balaban J connectivity index is 2.55. The van der Waals surface area contributed by atoms with Crippen molar-refractivity contribution in [2.45, 2.75) is 0 Å². The van der Waals surface area contributed by atoms with Crippen molar-refractivity contribution in [1.29, 1.82) is 0 Å². The van der Waals surface area contributed by atoms with Gasteiger partial charge in [-0.3, -0.25) is 10.1 Å². The molecule has 16 heavy (non-hydrogen) atoms. The molecule has 0 aliphatic carbocycles. The fourth-order valence-electron chi connectivity index (χ4n) is 1.38. The van der Waals surface area contributed by atoms with Crippen molar-refractivity contribution in [3.05, 3.63) is 33.7 Å². The molecule has 0 spiro atoms. The van der Waals surface area contributed by atoms with Gasteiger partial charge in [0, 0.05) is 19.0 Å². The third-order valence-electron chi connectivity index (χ3n) is 2.11. The van der Waals surface area contributed by atoms with E-state index in [-0.39, 0.29) is 9.92 Å². The van der Waals surface area contributed by atoms with Crippen molar-refractivity contribution in [2.24, 2.45) is 0 Å². The predicted octanol–water partition coefficient (Wildman–Crippen LogP) is 3.45. The number of thiophene rings is 2. The van der Waals surface area contributed by atoms with Gasteiger partial charge >= 0.3 is 5.00 Å². The molecule has 0 saturated carbocycles. The third-order valence-corrected chi connectivity index (χ3v) is 4.23. The molecule has 2 aromatic heterocycles. The first kappa shape index (κ1) is 11.1. The van der Waals surface area contributed by atoms with Crippen LogP contribution in [0.3, 0.4) is 0 Å². The summed E-state index contributed by atoms with van der Waals surface area (Å²) in [4.78, 5) is 14.4. The molecule has 6 heteroatoms. The van der Waals surface area contributed by atoms with Gasteiger partial charge in [0.1, 0.15) is 0 Å². The standard InChI is InChI=1S/C10H10N2O2S2/c1-11(2)7-6-9(12(13)14)16-10(7)8-4-3-5-15-8/h3-6H,1-2H3. The zero-order chi connectivity index (χ0) is 11.7. The summed E-state index contributed by atoms with van der Waals surface area (Å²) in [5.41, 5.74) is 0.902. The number of nitro groups is 1. The Morgan fingerprint density at radius 3 is 2.69 bits per heavy atom. The Labute approximate surface area is 101 Å². The maximum Gasteiger partial charge on any atom is 0.326 e. The van der Waals surface area contributed by atoms with Gasteiger partial charge in [0.25, 0.3) is 0 Å². The highest BCUT2D eigenvalue weighted by Crippen LogP contribution is 2.43. The van der Waals surface area contributed by atoms with Gasteiger partial charge < -0.3 is 4.90 Å². The van der Waals surface area contributed by atoms with E-state index in [4.69, 9.17) is 0 Å². The Bertz CT molecular complexity index is 503. The van der Waals surface area contributed by atoms with Crippen LogP contribution in [0, 0.1) is 10.1 Å². The molecule has 0 aliphatic rings. The SMILES string of the molecule is CN(C)c1cc([N+](=O)[O-])sc1-c1cccs1. The second kappa shape index (κ2) is 4.23. The van der Waals surface area contributed by atoms with Crippen LogP contribution in [0.25, 0.3) is 9.75 Å². The minimum absolute atomic E-state index is 0.187. The molecule has 0 saturated heterocycles. The maximum absolute atomic E-state index is 10.8. The first-order valence-corrected chi connectivity index (χ1v) is 6.28. The van der Waals surface area contributed by atoms with Crippen LogP contribution in [0.2, 0.25) is 0 Å². The molecule has 0 aromatic carbocycles. The molecule has 0 radical (unpaired) electrons. The maximum atomic E-state index is 10.8. The van der Waals surface area contributed by atoms with Gasteiger partial charge in [-0.15, -0.1) is 11.3 Å². The van der Waals surface area contributed by atoms with E-state index >= 15 is 0 Å². The van der Waals surface area contributed by atoms with E-state index in [0.717, 1.165) is 15.4 Å². The van der Waals surface area contributed by atoms with E-state index in [2.05, 4.69) is 0 Å². The minimum Gasteiger partial charge on any atom is -0.376 e. The Kier molecular flexibility index (Phi) is 2.93. The number of rotatable bonds is 3. The van der Waals surface area contributed by atoms with Gasteiger partial charge in [-0.2, -0.15) is 0 Å². The van der Waals surface area contributed by atoms with E-state index in [9.17, 15) is 10.1 Å². The molecule has 2 aromatic rings. The molecule has 0 bridgehead atoms. The summed E-state index contributed by atoms with van der Waals surface area (Å²) in [6.45, 7) is 0. The van der Waals surface area contributed by atoms with Crippen molar-refractivity contribution >= 4 is 33.4 Å². The summed E-state index contributed by atoms with van der Waals surface area (Å²) in [5, 5.41) is 12.9. The number of hydrogen-bond donors (Lipinski definition) is 0. The topological polar surface area (TPSA) is 46.4 Å². The van der Waals surface area contributed by atoms with Crippen LogP contribution in [0.4, 0.5) is 10.7 Å². The van der Waals surface area contributed by atoms with Gasteiger partial charge in [0.2, 0.25) is 0 Å². The summed E-state index contributed by atoms with van der Waals surface area (Å²) in [7, 11) is 3.78. The van der Waals surface area contributed by atoms with E-state index < -0.39 is 0 Å². The summed E-state index contributed by atoms with van der Waals surface area (Å²) < 4.78 is 0. The Morgan fingerprint density at radius 1 is 1.44 bits per heavy atom. The fourth-order valence-corrected chi connectivity index (χ4v) is 3.29. The van der Waals surface area contributed by atoms with E-state index in [0.29, 0.717) is 0 Å². The van der Waals surface area contributed by atoms with Gasteiger partial charge in [-0.25, -0.2) is 0 Å². The van der Waals surface area contributed by atoms with Crippen molar-refractivity contribution in [2.75, 3.05) is 19.0 Å². The van der Waals surface area contributed by atoms with E-state index in [1.54, 1.807) is 17.4 Å². The smallest absolute Gasteiger partial charge is 0.326 e. The lowest BCUT2D eigenvalue weighted by atomic mass is 10.3. The lowest BCUT2D eigenvalue weighted by Gasteiger charge is -2.11. The Morgan fingerprint density at radius 2 is 2.19 bits per heavy atom. The number of anilines is 1. The molecule has 0 unspecified atom stereocenters. The van der Waals surface area contributed by atoms with Gasteiger partial charge in [-0.1, -0.05) is 17.4 Å². The average Bonchev–Trinajstić information content (AvgIpc) is 2.86. The van der Waals surface area contributed by atoms with Crippen LogP contribution in [0.1, 0.15) is 0 Å². The average molecular weight is 254 g/mol. The third kappa shape index (κ3) is 1.94. The van der Waals surface area contributed by atoms with Crippen LogP contribution in [0.5, 0.6) is 0 Å². The highest BCUT2D eigenvalue weighted by molar-refractivity contribution is 7.23. The highest BCUT2D eigenvalue weighted by atomic mass is 32.1. The molecule has 84 valence electrons. The molecule has 0 fully saturated rings. The molecule has 0 N–H and O–H groups in total. The van der Waals surface area contributed by atoms with Crippen LogP contribution in [-0.2, 0) is 0 Å². The van der Waals surface area contributed by atoms with Crippen molar-refractivity contribution < 1.29 is 4.92 Å². The number of nitrogens with zero attached hydrogens (tertiary/aromatic N) is 2. The van der Waals surface area contributed by atoms with Gasteiger partial charge in [0.05, 0.1) is 21.6 Å². The zero-order valence-corrected chi connectivity index (χ0v) is 10.5. The molecule has 0 amide bonds. The van der Waals surface area contributed by atoms with Crippen LogP contribution in [-0.4, -0.2) is 19.0 Å². The molecule has 0 atom stereocenters. The fraction of sp³-hybridized carbons (Fsp3) is 0.200. The molecular weight excluding hydrogens is 244 g/mol. The van der Waals surface area contributed by atoms with Crippen molar-refractivity contribution in [1.82, 2.24) is 0 Å². The zero-order valence-electron chi connectivity index (χ0n) is 8.84. The number of hydrogen-bond acceptors (Lipinski definition) is 5. The first-order chi connectivity index (χ1) is 7.59. The predicted molar refractivity (Wildman–Crippen MR) is 68.6 cm³/mol. The van der Waals surface area contributed by atoms with Crippen molar-refractivity contribution in [3.63, 3.8) is 0 Å². The summed E-state index contributed by atoms with van der Waals surface area (Å²) in [5.74, 6) is 0. The summed E-state index contributed by atoms with van der Waals surface area (Å²) >= 11 is 2.82. The van der Waals surface area contributed by atoms with Gasteiger partial charge in [-0.05, 0) is 11.4 Å². The molecule has 2 rings (SSSR count).